The molecule has 0 bridgehead atoms. The van der Waals surface area contributed by atoms with Crippen molar-refractivity contribution >= 4 is 18.1 Å². The Morgan fingerprint density at radius 2 is 1.83 bits per heavy atom. The maximum absolute atomic E-state index is 12.2. The third kappa shape index (κ3) is 7.29. The van der Waals surface area contributed by atoms with Crippen molar-refractivity contribution in [2.75, 3.05) is 13.7 Å². The zero-order valence-corrected chi connectivity index (χ0v) is 17.1. The van der Waals surface area contributed by atoms with E-state index in [1.807, 2.05) is 0 Å². The van der Waals surface area contributed by atoms with E-state index in [4.69, 9.17) is 14.2 Å². The van der Waals surface area contributed by atoms with Gasteiger partial charge in [-0.15, -0.1) is 0 Å². The van der Waals surface area contributed by atoms with Crippen molar-refractivity contribution in [1.29, 1.82) is 0 Å². The van der Waals surface area contributed by atoms with E-state index in [0.717, 1.165) is 12.2 Å². The van der Waals surface area contributed by atoms with Crippen molar-refractivity contribution in [3.8, 4) is 17.2 Å². The molecule has 0 aromatic heterocycles. The van der Waals surface area contributed by atoms with Crippen molar-refractivity contribution in [1.82, 2.24) is 5.43 Å². The molecular formula is C22H26N2O5. The molecule has 2 aromatic rings. The predicted octanol–water partition coefficient (Wildman–Crippen LogP) is 3.81. The van der Waals surface area contributed by atoms with Gasteiger partial charge in [-0.3, -0.25) is 9.59 Å². The molecule has 0 heterocycles. The van der Waals surface area contributed by atoms with Crippen LogP contribution in [0, 0.1) is 5.92 Å². The minimum Gasteiger partial charge on any atom is -0.494 e. The molecule has 7 heteroatoms. The molecule has 0 spiro atoms. The Morgan fingerprint density at radius 1 is 1.10 bits per heavy atom. The van der Waals surface area contributed by atoms with Gasteiger partial charge >= 0.3 is 5.97 Å². The molecule has 0 atom stereocenters. The van der Waals surface area contributed by atoms with Crippen molar-refractivity contribution in [2.24, 2.45) is 11.0 Å². The van der Waals surface area contributed by atoms with Crippen molar-refractivity contribution in [2.45, 2.75) is 27.2 Å². The van der Waals surface area contributed by atoms with Gasteiger partial charge in [0.25, 0.3) is 5.91 Å². The van der Waals surface area contributed by atoms with Crippen LogP contribution in [0.1, 0.15) is 43.1 Å². The van der Waals surface area contributed by atoms with Crippen LogP contribution in [0.4, 0.5) is 0 Å². The maximum atomic E-state index is 12.2. The molecular weight excluding hydrogens is 372 g/mol. The number of amides is 1. The number of carbonyl (C=O) groups is 2. The highest BCUT2D eigenvalue weighted by atomic mass is 16.6. The van der Waals surface area contributed by atoms with E-state index in [1.165, 1.54) is 20.2 Å². The van der Waals surface area contributed by atoms with Crippen LogP contribution in [0.5, 0.6) is 17.2 Å². The Bertz CT molecular complexity index is 860. The smallest absolute Gasteiger partial charge is 0.308 e. The molecule has 0 aliphatic heterocycles. The summed E-state index contributed by atoms with van der Waals surface area (Å²) in [4.78, 5) is 23.3. The van der Waals surface area contributed by atoms with Crippen molar-refractivity contribution in [3.05, 3.63) is 53.6 Å². The molecule has 0 fully saturated rings. The first-order valence-corrected chi connectivity index (χ1v) is 9.31. The van der Waals surface area contributed by atoms with Gasteiger partial charge in [0.05, 0.1) is 19.9 Å². The van der Waals surface area contributed by atoms with E-state index in [-0.39, 0.29) is 5.91 Å². The molecule has 0 unspecified atom stereocenters. The van der Waals surface area contributed by atoms with Crippen LogP contribution in [0.15, 0.2) is 47.6 Å². The molecule has 2 rings (SSSR count). The van der Waals surface area contributed by atoms with Gasteiger partial charge in [0.1, 0.15) is 5.75 Å². The van der Waals surface area contributed by atoms with Gasteiger partial charge in [-0.05, 0) is 60.4 Å². The number of rotatable bonds is 9. The standard InChI is InChI=1S/C22H26N2O5/c1-15(2)11-12-28-19-8-6-18(7-9-19)22(26)24-23-14-17-5-10-20(29-16(3)25)21(13-17)27-4/h5-10,13-15H,11-12H2,1-4H3,(H,24,26)/b23-14+. The zero-order valence-electron chi connectivity index (χ0n) is 17.1. The van der Waals surface area contributed by atoms with Crippen LogP contribution >= 0.6 is 0 Å². The number of hydrogen-bond acceptors (Lipinski definition) is 6. The summed E-state index contributed by atoms with van der Waals surface area (Å²) < 4.78 is 15.9. The second kappa shape index (κ2) is 10.8. The number of nitrogens with one attached hydrogen (secondary N) is 1. The summed E-state index contributed by atoms with van der Waals surface area (Å²) in [5.41, 5.74) is 3.62. The van der Waals surface area contributed by atoms with Gasteiger partial charge in [0.15, 0.2) is 11.5 Å². The lowest BCUT2D eigenvalue weighted by molar-refractivity contribution is -0.132. The zero-order chi connectivity index (χ0) is 21.2. The van der Waals surface area contributed by atoms with E-state index in [9.17, 15) is 9.59 Å². The van der Waals surface area contributed by atoms with Gasteiger partial charge < -0.3 is 14.2 Å². The third-order valence-corrected chi connectivity index (χ3v) is 3.90. The lowest BCUT2D eigenvalue weighted by Crippen LogP contribution is -2.17. The topological polar surface area (TPSA) is 86.2 Å². The molecule has 29 heavy (non-hydrogen) atoms. The van der Waals surface area contributed by atoms with Gasteiger partial charge in [-0.2, -0.15) is 5.10 Å². The van der Waals surface area contributed by atoms with Gasteiger partial charge in [0, 0.05) is 12.5 Å². The molecule has 0 saturated heterocycles. The first-order chi connectivity index (χ1) is 13.9. The average molecular weight is 398 g/mol. The monoisotopic (exact) mass is 398 g/mol. The van der Waals surface area contributed by atoms with Crippen LogP contribution in [0.2, 0.25) is 0 Å². The van der Waals surface area contributed by atoms with Crippen LogP contribution in [-0.2, 0) is 4.79 Å². The number of nitrogens with zero attached hydrogens (tertiary/aromatic N) is 1. The fourth-order valence-corrected chi connectivity index (χ4v) is 2.35. The Labute approximate surface area is 170 Å². The summed E-state index contributed by atoms with van der Waals surface area (Å²) in [7, 11) is 1.47. The molecule has 0 aliphatic rings. The molecule has 1 N–H and O–H groups in total. The van der Waals surface area contributed by atoms with Crippen LogP contribution in [0.3, 0.4) is 0 Å². The molecule has 0 saturated carbocycles. The van der Waals surface area contributed by atoms with Crippen LogP contribution in [-0.4, -0.2) is 31.8 Å². The van der Waals surface area contributed by atoms with Crippen molar-refractivity contribution in [3.63, 3.8) is 0 Å². The third-order valence-electron chi connectivity index (χ3n) is 3.90. The van der Waals surface area contributed by atoms with Crippen LogP contribution < -0.4 is 19.6 Å². The number of ether oxygens (including phenoxy) is 3. The number of hydrogen-bond donors (Lipinski definition) is 1. The van der Waals surface area contributed by atoms with Crippen LogP contribution in [0.25, 0.3) is 0 Å². The average Bonchev–Trinajstić information content (AvgIpc) is 2.68. The number of carbonyl (C=O) groups excluding carboxylic acids is 2. The normalized spacial score (nSPS) is 10.8. The fraction of sp³-hybridized carbons (Fsp3) is 0.318. The molecule has 2 aromatic carbocycles. The second-order valence-electron chi connectivity index (χ2n) is 6.76. The number of benzene rings is 2. The van der Waals surface area contributed by atoms with E-state index in [1.54, 1.807) is 42.5 Å². The van der Waals surface area contributed by atoms with Crippen molar-refractivity contribution < 1.29 is 23.8 Å². The summed E-state index contributed by atoms with van der Waals surface area (Å²) in [6.07, 6.45) is 2.45. The fourth-order valence-electron chi connectivity index (χ4n) is 2.35. The van der Waals surface area contributed by atoms with Gasteiger partial charge in [-0.1, -0.05) is 13.8 Å². The summed E-state index contributed by atoms with van der Waals surface area (Å²) >= 11 is 0. The molecule has 0 aliphatic carbocycles. The second-order valence-corrected chi connectivity index (χ2v) is 6.76. The van der Waals surface area contributed by atoms with Gasteiger partial charge in [-0.25, -0.2) is 5.43 Å². The first-order valence-electron chi connectivity index (χ1n) is 9.31. The summed E-state index contributed by atoms with van der Waals surface area (Å²) in [6, 6.07) is 11.8. The highest BCUT2D eigenvalue weighted by molar-refractivity contribution is 5.95. The predicted molar refractivity (Wildman–Crippen MR) is 111 cm³/mol. The molecule has 0 radical (unpaired) electrons. The number of methoxy groups -OCH3 is 1. The minimum atomic E-state index is -0.437. The SMILES string of the molecule is COc1cc(/C=N/NC(=O)c2ccc(OCCC(C)C)cc2)ccc1OC(C)=O. The van der Waals surface area contributed by atoms with E-state index in [0.29, 0.717) is 35.2 Å². The quantitative estimate of drug-likeness (QED) is 0.300. The Balaban J connectivity index is 1.92. The number of hydrazone groups is 1. The van der Waals surface area contributed by atoms with E-state index >= 15 is 0 Å². The Hall–Kier alpha value is -3.35. The molecule has 7 nitrogen and oxygen atoms in total. The van der Waals surface area contributed by atoms with Gasteiger partial charge in [0.2, 0.25) is 0 Å². The minimum absolute atomic E-state index is 0.317. The molecule has 154 valence electrons. The first kappa shape index (κ1) is 21.9. The van der Waals surface area contributed by atoms with E-state index < -0.39 is 5.97 Å². The lowest BCUT2D eigenvalue weighted by atomic mass is 10.1. The lowest BCUT2D eigenvalue weighted by Gasteiger charge is -2.08. The Kier molecular flexibility index (Phi) is 8.21. The highest BCUT2D eigenvalue weighted by Gasteiger charge is 2.08. The summed E-state index contributed by atoms with van der Waals surface area (Å²) in [5, 5.41) is 3.96. The molecule has 1 amide bonds. The largest absolute Gasteiger partial charge is 0.494 e. The summed E-state index contributed by atoms with van der Waals surface area (Å²) in [6.45, 7) is 6.24. The maximum Gasteiger partial charge on any atom is 0.308 e. The highest BCUT2D eigenvalue weighted by Crippen LogP contribution is 2.27. The number of esters is 1. The Morgan fingerprint density at radius 3 is 2.45 bits per heavy atom. The summed E-state index contributed by atoms with van der Waals surface area (Å²) in [5.74, 6) is 1.24. The van der Waals surface area contributed by atoms with E-state index in [2.05, 4.69) is 24.4 Å².